The normalized spacial score (nSPS) is 11.3. The first-order chi connectivity index (χ1) is 9.77. The first kappa shape index (κ1) is 17.1. The fourth-order valence-corrected chi connectivity index (χ4v) is 3.12. The number of nitrogens with zero attached hydrogens (tertiary/aromatic N) is 1. The minimum absolute atomic E-state index is 0.0412. The summed E-state index contributed by atoms with van der Waals surface area (Å²) in [4.78, 5) is 20.3. The van der Waals surface area contributed by atoms with E-state index in [1.807, 2.05) is 0 Å². The molecule has 0 radical (unpaired) electrons. The lowest BCUT2D eigenvalue weighted by Crippen LogP contribution is -2.26. The SMILES string of the molecule is CCc1ccc([N+](=O)[O-])cc1S(=O)(=O)NCCCC(=O)O. The van der Waals surface area contributed by atoms with Crippen molar-refractivity contribution in [3.8, 4) is 0 Å². The molecular weight excluding hydrogens is 300 g/mol. The second-order valence-corrected chi connectivity index (χ2v) is 6.03. The van der Waals surface area contributed by atoms with Gasteiger partial charge in [0, 0.05) is 25.1 Å². The number of carbonyl (C=O) groups is 1. The van der Waals surface area contributed by atoms with Crippen LogP contribution in [0.1, 0.15) is 25.3 Å². The minimum Gasteiger partial charge on any atom is -0.481 e. The molecule has 0 saturated carbocycles. The molecule has 0 aromatic heterocycles. The number of non-ortho nitro benzene ring substituents is 1. The van der Waals surface area contributed by atoms with Crippen LogP contribution < -0.4 is 4.72 Å². The lowest BCUT2D eigenvalue weighted by molar-refractivity contribution is -0.385. The van der Waals surface area contributed by atoms with Crippen LogP contribution in [0.4, 0.5) is 5.69 Å². The number of nitrogens with one attached hydrogen (secondary N) is 1. The highest BCUT2D eigenvalue weighted by Gasteiger charge is 2.21. The van der Waals surface area contributed by atoms with Crippen molar-refractivity contribution in [3.05, 3.63) is 33.9 Å². The van der Waals surface area contributed by atoms with Crippen LogP contribution in [-0.4, -0.2) is 31.0 Å². The van der Waals surface area contributed by atoms with Crippen molar-refractivity contribution in [2.75, 3.05) is 6.54 Å². The van der Waals surface area contributed by atoms with Gasteiger partial charge >= 0.3 is 5.97 Å². The first-order valence-electron chi connectivity index (χ1n) is 6.26. The Morgan fingerprint density at radius 2 is 2.10 bits per heavy atom. The summed E-state index contributed by atoms with van der Waals surface area (Å²) in [6.45, 7) is 1.70. The number of benzene rings is 1. The van der Waals surface area contributed by atoms with E-state index in [0.29, 0.717) is 12.0 Å². The van der Waals surface area contributed by atoms with Crippen LogP contribution in [0, 0.1) is 10.1 Å². The molecule has 0 spiro atoms. The van der Waals surface area contributed by atoms with Gasteiger partial charge in [-0.05, 0) is 18.4 Å². The van der Waals surface area contributed by atoms with E-state index >= 15 is 0 Å². The molecule has 1 aromatic rings. The summed E-state index contributed by atoms with van der Waals surface area (Å²) in [5.74, 6) is -1.02. The third-order valence-corrected chi connectivity index (χ3v) is 4.33. The Morgan fingerprint density at radius 1 is 1.43 bits per heavy atom. The third-order valence-electron chi connectivity index (χ3n) is 2.79. The molecule has 21 heavy (non-hydrogen) atoms. The molecule has 0 aliphatic carbocycles. The van der Waals surface area contributed by atoms with Gasteiger partial charge in [-0.3, -0.25) is 14.9 Å². The summed E-state index contributed by atoms with van der Waals surface area (Å²) in [5.41, 5.74) is 0.157. The Labute approximate surface area is 122 Å². The summed E-state index contributed by atoms with van der Waals surface area (Å²) in [6.07, 6.45) is 0.395. The third kappa shape index (κ3) is 4.80. The zero-order chi connectivity index (χ0) is 16.0. The highest BCUT2D eigenvalue weighted by atomic mass is 32.2. The number of nitro benzene ring substituents is 1. The van der Waals surface area contributed by atoms with E-state index < -0.39 is 20.9 Å². The van der Waals surface area contributed by atoms with Crippen LogP contribution in [-0.2, 0) is 21.2 Å². The molecule has 0 unspecified atom stereocenters. The lowest BCUT2D eigenvalue weighted by atomic mass is 10.1. The van der Waals surface area contributed by atoms with Gasteiger partial charge in [-0.2, -0.15) is 0 Å². The number of hydrogen-bond acceptors (Lipinski definition) is 5. The standard InChI is InChI=1S/C12H16N2O6S/c1-2-9-5-6-10(14(17)18)8-11(9)21(19,20)13-7-3-4-12(15)16/h5-6,8,13H,2-4,7H2,1H3,(H,15,16). The van der Waals surface area contributed by atoms with E-state index in [2.05, 4.69) is 4.72 Å². The van der Waals surface area contributed by atoms with Crippen molar-refractivity contribution in [2.24, 2.45) is 0 Å². The number of aryl methyl sites for hydroxylation is 1. The van der Waals surface area contributed by atoms with Crippen molar-refractivity contribution in [3.63, 3.8) is 0 Å². The number of sulfonamides is 1. The van der Waals surface area contributed by atoms with Crippen molar-refractivity contribution < 1.29 is 23.2 Å². The molecule has 9 heteroatoms. The van der Waals surface area contributed by atoms with Crippen LogP contribution in [0.2, 0.25) is 0 Å². The summed E-state index contributed by atoms with van der Waals surface area (Å²) < 4.78 is 26.6. The maximum Gasteiger partial charge on any atom is 0.303 e. The van der Waals surface area contributed by atoms with E-state index in [1.165, 1.54) is 12.1 Å². The van der Waals surface area contributed by atoms with E-state index in [1.54, 1.807) is 6.92 Å². The minimum atomic E-state index is -3.90. The molecule has 0 fully saturated rings. The number of nitro groups is 1. The zero-order valence-electron chi connectivity index (χ0n) is 11.4. The number of carboxylic acid groups (broad SMARTS) is 1. The van der Waals surface area contributed by atoms with Gasteiger partial charge in [0.25, 0.3) is 5.69 Å². The Hall–Kier alpha value is -2.00. The fourth-order valence-electron chi connectivity index (χ4n) is 1.72. The molecule has 116 valence electrons. The van der Waals surface area contributed by atoms with Gasteiger partial charge in [-0.25, -0.2) is 13.1 Å². The van der Waals surface area contributed by atoms with Crippen molar-refractivity contribution >= 4 is 21.7 Å². The van der Waals surface area contributed by atoms with Crippen molar-refractivity contribution in [1.29, 1.82) is 0 Å². The van der Waals surface area contributed by atoms with Crippen molar-refractivity contribution in [1.82, 2.24) is 4.72 Å². The molecule has 0 amide bonds. The predicted molar refractivity (Wildman–Crippen MR) is 74.5 cm³/mol. The topological polar surface area (TPSA) is 127 Å². The average molecular weight is 316 g/mol. The average Bonchev–Trinajstić information content (AvgIpc) is 2.42. The Bertz CT molecular complexity index is 641. The van der Waals surface area contributed by atoms with Gasteiger partial charge in [0.1, 0.15) is 0 Å². The molecule has 2 N–H and O–H groups in total. The van der Waals surface area contributed by atoms with E-state index in [4.69, 9.17) is 5.11 Å². The summed E-state index contributed by atoms with van der Waals surface area (Å²) in [6, 6.07) is 3.67. The van der Waals surface area contributed by atoms with E-state index in [9.17, 15) is 23.3 Å². The van der Waals surface area contributed by atoms with Crippen LogP contribution >= 0.6 is 0 Å². The Morgan fingerprint density at radius 3 is 2.62 bits per heavy atom. The van der Waals surface area contributed by atoms with Gasteiger partial charge in [0.15, 0.2) is 0 Å². The van der Waals surface area contributed by atoms with Gasteiger partial charge in [-0.15, -0.1) is 0 Å². The van der Waals surface area contributed by atoms with Crippen LogP contribution in [0.3, 0.4) is 0 Å². The van der Waals surface area contributed by atoms with Crippen LogP contribution in [0.5, 0.6) is 0 Å². The maximum absolute atomic E-state index is 12.2. The highest BCUT2D eigenvalue weighted by molar-refractivity contribution is 7.89. The zero-order valence-corrected chi connectivity index (χ0v) is 12.2. The summed E-state index contributed by atoms with van der Waals surface area (Å²) >= 11 is 0. The monoisotopic (exact) mass is 316 g/mol. The lowest BCUT2D eigenvalue weighted by Gasteiger charge is -2.10. The maximum atomic E-state index is 12.2. The molecule has 0 atom stereocenters. The molecular formula is C12H16N2O6S. The molecule has 0 bridgehead atoms. The molecule has 0 aliphatic heterocycles. The van der Waals surface area contributed by atoms with Gasteiger partial charge < -0.3 is 5.11 Å². The summed E-state index contributed by atoms with van der Waals surface area (Å²) in [7, 11) is -3.90. The first-order valence-corrected chi connectivity index (χ1v) is 7.75. The van der Waals surface area contributed by atoms with E-state index in [0.717, 1.165) is 6.07 Å². The largest absolute Gasteiger partial charge is 0.481 e. The smallest absolute Gasteiger partial charge is 0.303 e. The number of carboxylic acids is 1. The summed E-state index contributed by atoms with van der Waals surface area (Å²) in [5, 5.41) is 19.2. The molecule has 8 nitrogen and oxygen atoms in total. The molecule has 0 aliphatic rings. The Balaban J connectivity index is 2.97. The molecule has 1 aromatic carbocycles. The second-order valence-electron chi connectivity index (χ2n) is 4.30. The van der Waals surface area contributed by atoms with E-state index in [-0.39, 0.29) is 30.0 Å². The highest BCUT2D eigenvalue weighted by Crippen LogP contribution is 2.22. The molecule has 0 saturated heterocycles. The van der Waals surface area contributed by atoms with Crippen LogP contribution in [0.15, 0.2) is 23.1 Å². The van der Waals surface area contributed by atoms with Crippen molar-refractivity contribution in [2.45, 2.75) is 31.1 Å². The molecule has 0 heterocycles. The van der Waals surface area contributed by atoms with Gasteiger partial charge in [-0.1, -0.05) is 13.0 Å². The van der Waals surface area contributed by atoms with Gasteiger partial charge in [0.2, 0.25) is 10.0 Å². The molecule has 1 rings (SSSR count). The number of rotatable bonds is 8. The predicted octanol–water partition coefficient (Wildman–Crippen LogP) is 1.30. The van der Waals surface area contributed by atoms with Gasteiger partial charge in [0.05, 0.1) is 9.82 Å². The number of aliphatic carboxylic acids is 1. The second kappa shape index (κ2) is 7.14. The van der Waals surface area contributed by atoms with Crippen LogP contribution in [0.25, 0.3) is 0 Å². The quantitative estimate of drug-likeness (QED) is 0.423. The fraction of sp³-hybridized carbons (Fsp3) is 0.417. The number of hydrogen-bond donors (Lipinski definition) is 2. The Kier molecular flexibility index (Phi) is 5.79.